The second-order valence-corrected chi connectivity index (χ2v) is 6.24. The maximum atomic E-state index is 12.4. The zero-order valence-corrected chi connectivity index (χ0v) is 12.4. The van der Waals surface area contributed by atoms with Crippen molar-refractivity contribution < 1.29 is 13.2 Å². The van der Waals surface area contributed by atoms with Crippen molar-refractivity contribution in [2.24, 2.45) is 0 Å². The van der Waals surface area contributed by atoms with E-state index in [2.05, 4.69) is 21.2 Å². The highest BCUT2D eigenvalue weighted by Gasteiger charge is 2.29. The molecule has 0 aliphatic carbocycles. The third kappa shape index (κ3) is 3.73. The summed E-state index contributed by atoms with van der Waals surface area (Å²) in [7, 11) is 0. The van der Waals surface area contributed by atoms with E-state index in [0.29, 0.717) is 12.2 Å². The number of nitrogens with one attached hydrogen (secondary N) is 1. The highest BCUT2D eigenvalue weighted by atomic mass is 79.9. The van der Waals surface area contributed by atoms with Crippen molar-refractivity contribution in [1.82, 2.24) is 0 Å². The number of hydrogen-bond acceptors (Lipinski definition) is 2. The molecule has 1 nitrogen and oxygen atoms in total. The Morgan fingerprint density at radius 2 is 1.84 bits per heavy atom. The summed E-state index contributed by atoms with van der Waals surface area (Å²) in [5.41, 5.74) is 0.0444. The predicted octanol–water partition coefficient (Wildman–Crippen LogP) is 5.45. The van der Waals surface area contributed by atoms with Gasteiger partial charge in [-0.15, -0.1) is 11.3 Å². The van der Waals surface area contributed by atoms with Crippen LogP contribution in [0.3, 0.4) is 0 Å². The number of anilines is 1. The summed E-state index contributed by atoms with van der Waals surface area (Å²) in [6.45, 7) is 2.61. The monoisotopic (exact) mass is 349 g/mol. The molecule has 1 N–H and O–H groups in total. The van der Waals surface area contributed by atoms with Crippen LogP contribution >= 0.6 is 27.3 Å². The molecule has 2 aromatic rings. The molecular weight excluding hydrogens is 339 g/mol. The van der Waals surface area contributed by atoms with Gasteiger partial charge in [0.1, 0.15) is 0 Å². The SMILES string of the molecule is Cc1sc(CNc2ccc(C(F)(F)F)cc2)cc1Br. The molecule has 0 atom stereocenters. The van der Waals surface area contributed by atoms with Gasteiger partial charge in [-0.05, 0) is 53.2 Å². The van der Waals surface area contributed by atoms with Crippen LogP contribution < -0.4 is 5.32 Å². The van der Waals surface area contributed by atoms with Gasteiger partial charge in [-0.2, -0.15) is 13.2 Å². The van der Waals surface area contributed by atoms with Crippen molar-refractivity contribution in [2.45, 2.75) is 19.6 Å². The molecule has 1 heterocycles. The van der Waals surface area contributed by atoms with E-state index in [9.17, 15) is 13.2 Å². The number of aryl methyl sites for hydroxylation is 1. The van der Waals surface area contributed by atoms with Crippen LogP contribution in [0.4, 0.5) is 18.9 Å². The van der Waals surface area contributed by atoms with Gasteiger partial charge in [-0.1, -0.05) is 0 Å². The van der Waals surface area contributed by atoms with Gasteiger partial charge in [0.25, 0.3) is 0 Å². The van der Waals surface area contributed by atoms with Gasteiger partial charge in [-0.3, -0.25) is 0 Å². The van der Waals surface area contributed by atoms with Gasteiger partial charge >= 0.3 is 6.18 Å². The van der Waals surface area contributed by atoms with E-state index in [1.807, 2.05) is 13.0 Å². The number of hydrogen-bond donors (Lipinski definition) is 1. The van der Waals surface area contributed by atoms with E-state index in [4.69, 9.17) is 0 Å². The molecule has 19 heavy (non-hydrogen) atoms. The molecule has 0 aliphatic rings. The molecule has 0 radical (unpaired) electrons. The lowest BCUT2D eigenvalue weighted by atomic mass is 10.2. The fourth-order valence-corrected chi connectivity index (χ4v) is 3.11. The minimum absolute atomic E-state index is 0.600. The first-order valence-electron chi connectivity index (χ1n) is 5.52. The topological polar surface area (TPSA) is 12.0 Å². The predicted molar refractivity (Wildman–Crippen MR) is 75.5 cm³/mol. The zero-order chi connectivity index (χ0) is 14.0. The summed E-state index contributed by atoms with van der Waals surface area (Å²) < 4.78 is 38.2. The van der Waals surface area contributed by atoms with Crippen LogP contribution in [0.1, 0.15) is 15.3 Å². The Hall–Kier alpha value is -1.01. The van der Waals surface area contributed by atoms with E-state index in [1.165, 1.54) is 17.0 Å². The summed E-state index contributed by atoms with van der Waals surface area (Å²) in [6.07, 6.45) is -4.28. The lowest BCUT2D eigenvalue weighted by Crippen LogP contribution is -2.05. The lowest BCUT2D eigenvalue weighted by Gasteiger charge is -2.08. The Morgan fingerprint density at radius 3 is 2.32 bits per heavy atom. The molecule has 0 bridgehead atoms. The number of rotatable bonds is 3. The van der Waals surface area contributed by atoms with E-state index in [-0.39, 0.29) is 0 Å². The van der Waals surface area contributed by atoms with Gasteiger partial charge in [0.15, 0.2) is 0 Å². The van der Waals surface area contributed by atoms with Gasteiger partial charge in [0, 0.05) is 26.5 Å². The fourth-order valence-electron chi connectivity index (χ4n) is 1.57. The smallest absolute Gasteiger partial charge is 0.380 e. The average Bonchev–Trinajstić information content (AvgIpc) is 2.66. The molecule has 0 amide bonds. The van der Waals surface area contributed by atoms with Crippen LogP contribution in [0.25, 0.3) is 0 Å². The van der Waals surface area contributed by atoms with Crippen LogP contribution in [0.15, 0.2) is 34.8 Å². The maximum absolute atomic E-state index is 12.4. The van der Waals surface area contributed by atoms with E-state index >= 15 is 0 Å². The van der Waals surface area contributed by atoms with Gasteiger partial charge in [0.2, 0.25) is 0 Å². The molecule has 102 valence electrons. The molecule has 1 aromatic heterocycles. The average molecular weight is 350 g/mol. The zero-order valence-electron chi connectivity index (χ0n) is 10.0. The van der Waals surface area contributed by atoms with Crippen molar-refractivity contribution in [1.29, 1.82) is 0 Å². The van der Waals surface area contributed by atoms with Crippen molar-refractivity contribution in [3.05, 3.63) is 50.1 Å². The summed E-state index contributed by atoms with van der Waals surface area (Å²) in [4.78, 5) is 2.31. The van der Waals surface area contributed by atoms with Gasteiger partial charge in [-0.25, -0.2) is 0 Å². The first-order chi connectivity index (χ1) is 8.86. The molecule has 6 heteroatoms. The Kier molecular flexibility index (Phi) is 4.20. The quantitative estimate of drug-likeness (QED) is 0.776. The summed E-state index contributed by atoms with van der Waals surface area (Å²) in [5.74, 6) is 0. The van der Waals surface area contributed by atoms with Gasteiger partial charge in [0.05, 0.1) is 5.56 Å². The number of halogens is 4. The minimum Gasteiger partial charge on any atom is -0.380 e. The molecule has 0 aliphatic heterocycles. The Bertz CT molecular complexity index is 541. The van der Waals surface area contributed by atoms with Crippen molar-refractivity contribution >= 4 is 33.0 Å². The molecule has 0 spiro atoms. The van der Waals surface area contributed by atoms with E-state index in [0.717, 1.165) is 21.5 Å². The molecule has 0 saturated heterocycles. The maximum Gasteiger partial charge on any atom is 0.416 e. The number of benzene rings is 1. The van der Waals surface area contributed by atoms with Crippen LogP contribution in [-0.4, -0.2) is 0 Å². The fraction of sp³-hybridized carbons (Fsp3) is 0.231. The molecule has 0 unspecified atom stereocenters. The van der Waals surface area contributed by atoms with Crippen LogP contribution in [-0.2, 0) is 12.7 Å². The van der Waals surface area contributed by atoms with E-state index < -0.39 is 11.7 Å². The Morgan fingerprint density at radius 1 is 1.21 bits per heavy atom. The van der Waals surface area contributed by atoms with Crippen LogP contribution in [0.2, 0.25) is 0 Å². The Balaban J connectivity index is 2.00. The first-order valence-corrected chi connectivity index (χ1v) is 7.13. The van der Waals surface area contributed by atoms with Crippen molar-refractivity contribution in [3.8, 4) is 0 Å². The van der Waals surface area contributed by atoms with E-state index in [1.54, 1.807) is 11.3 Å². The highest BCUT2D eigenvalue weighted by molar-refractivity contribution is 9.10. The number of alkyl halides is 3. The summed E-state index contributed by atoms with van der Waals surface area (Å²) in [5, 5.41) is 3.10. The third-order valence-corrected chi connectivity index (χ3v) is 4.72. The molecule has 0 saturated carbocycles. The first kappa shape index (κ1) is 14.4. The van der Waals surface area contributed by atoms with Gasteiger partial charge < -0.3 is 5.32 Å². The largest absolute Gasteiger partial charge is 0.416 e. The minimum atomic E-state index is -4.28. The second kappa shape index (κ2) is 5.54. The molecular formula is C13H11BrF3NS. The second-order valence-electron chi connectivity index (χ2n) is 4.05. The molecule has 2 rings (SSSR count). The highest BCUT2D eigenvalue weighted by Crippen LogP contribution is 2.30. The standard InChI is InChI=1S/C13H11BrF3NS/c1-8-12(14)6-11(19-8)7-18-10-4-2-9(3-5-10)13(15,16)17/h2-6,18H,7H2,1H3. The number of thiophene rings is 1. The van der Waals surface area contributed by atoms with Crippen molar-refractivity contribution in [3.63, 3.8) is 0 Å². The third-order valence-electron chi connectivity index (χ3n) is 2.59. The molecule has 0 fully saturated rings. The Labute approximate surface area is 121 Å². The van der Waals surface area contributed by atoms with Crippen molar-refractivity contribution in [2.75, 3.05) is 5.32 Å². The molecule has 1 aromatic carbocycles. The summed E-state index contributed by atoms with van der Waals surface area (Å²) >= 11 is 5.08. The summed E-state index contributed by atoms with van der Waals surface area (Å²) in [6, 6.07) is 7.06. The van der Waals surface area contributed by atoms with Crippen LogP contribution in [0, 0.1) is 6.92 Å². The normalized spacial score (nSPS) is 11.6. The van der Waals surface area contributed by atoms with Crippen LogP contribution in [0.5, 0.6) is 0 Å². The lowest BCUT2D eigenvalue weighted by molar-refractivity contribution is -0.137.